The monoisotopic (exact) mass is 374 g/mol. The molecule has 0 aliphatic rings. The number of carbonyl (C=O) groups is 1. The number of aryl methyl sites for hydroxylation is 1. The molecule has 0 atom stereocenters. The molecule has 0 saturated carbocycles. The van der Waals surface area contributed by atoms with E-state index in [-0.39, 0.29) is 11.6 Å². The second-order valence-electron chi connectivity index (χ2n) is 6.27. The molecule has 1 aromatic carbocycles. The molecule has 1 amide bonds. The highest BCUT2D eigenvalue weighted by Crippen LogP contribution is 2.11. The van der Waals surface area contributed by atoms with Gasteiger partial charge in [0.05, 0.1) is 5.69 Å². The predicted molar refractivity (Wildman–Crippen MR) is 104 cm³/mol. The van der Waals surface area contributed by atoms with Crippen LogP contribution >= 0.6 is 0 Å². The van der Waals surface area contributed by atoms with E-state index >= 15 is 0 Å². The van der Waals surface area contributed by atoms with E-state index in [1.165, 1.54) is 0 Å². The van der Waals surface area contributed by atoms with Gasteiger partial charge in [0.25, 0.3) is 5.91 Å². The number of aromatic nitrogens is 5. The quantitative estimate of drug-likeness (QED) is 0.558. The van der Waals surface area contributed by atoms with Crippen molar-refractivity contribution in [2.45, 2.75) is 13.5 Å². The number of pyridine rings is 1. The third kappa shape index (κ3) is 3.48. The number of benzene rings is 1. The third-order valence-corrected chi connectivity index (χ3v) is 4.35. The zero-order valence-electron chi connectivity index (χ0n) is 15.2. The minimum absolute atomic E-state index is 0.192. The van der Waals surface area contributed by atoms with Crippen LogP contribution in [0.15, 0.2) is 72.0 Å². The molecule has 3 aromatic heterocycles. The van der Waals surface area contributed by atoms with Gasteiger partial charge in [0.1, 0.15) is 0 Å². The van der Waals surface area contributed by atoms with Gasteiger partial charge in [-0.15, -0.1) is 0 Å². The van der Waals surface area contributed by atoms with Crippen LogP contribution in [0.5, 0.6) is 0 Å². The largest absolute Gasteiger partial charge is 0.348 e. The lowest BCUT2D eigenvalue weighted by Gasteiger charge is -2.08. The summed E-state index contributed by atoms with van der Waals surface area (Å²) in [4.78, 5) is 31.2. The van der Waals surface area contributed by atoms with Crippen molar-refractivity contribution in [3.8, 4) is 11.5 Å². The highest BCUT2D eigenvalue weighted by atomic mass is 16.2. The fraction of sp³-hybridized carbons (Fsp3) is 0.100. The maximum Gasteiger partial charge on any atom is 0.330 e. The second kappa shape index (κ2) is 7.36. The van der Waals surface area contributed by atoms with Crippen LogP contribution in [-0.4, -0.2) is 30.2 Å². The summed E-state index contributed by atoms with van der Waals surface area (Å²) in [6, 6.07) is 12.4. The topological polar surface area (TPSA) is 97.6 Å². The molecule has 4 aromatic rings. The van der Waals surface area contributed by atoms with Crippen molar-refractivity contribution in [2.75, 3.05) is 0 Å². The summed E-state index contributed by atoms with van der Waals surface area (Å²) in [7, 11) is 0. The standard InChI is InChI=1S/C20H18N6O2/c1-14-12-23-20(28)26(14)17-5-3-16(4-6-17)19(27)22-13-15-7-9-21-18(11-15)25-10-2-8-24-25/h2-12H,13H2,1H3,(H,22,27)(H,23,28). The summed E-state index contributed by atoms with van der Waals surface area (Å²) in [5.74, 6) is 0.496. The Labute approximate surface area is 160 Å². The van der Waals surface area contributed by atoms with Crippen molar-refractivity contribution in [3.05, 3.63) is 94.6 Å². The second-order valence-corrected chi connectivity index (χ2v) is 6.27. The SMILES string of the molecule is Cc1c[nH]c(=O)n1-c1ccc(C(=O)NCc2ccnc(-n3cccn3)c2)cc1. The third-order valence-electron chi connectivity index (χ3n) is 4.35. The molecule has 8 heteroatoms. The summed E-state index contributed by atoms with van der Waals surface area (Å²) in [5, 5.41) is 7.05. The highest BCUT2D eigenvalue weighted by Gasteiger charge is 2.09. The van der Waals surface area contributed by atoms with Crippen molar-refractivity contribution < 1.29 is 4.79 Å². The predicted octanol–water partition coefficient (Wildman–Crippen LogP) is 1.98. The van der Waals surface area contributed by atoms with Gasteiger partial charge >= 0.3 is 5.69 Å². The molecule has 0 fully saturated rings. The number of hydrogen-bond acceptors (Lipinski definition) is 4. The zero-order chi connectivity index (χ0) is 19.5. The average molecular weight is 374 g/mol. The summed E-state index contributed by atoms with van der Waals surface area (Å²) >= 11 is 0. The minimum Gasteiger partial charge on any atom is -0.348 e. The molecule has 3 heterocycles. The van der Waals surface area contributed by atoms with E-state index in [0.717, 1.165) is 11.3 Å². The lowest BCUT2D eigenvalue weighted by molar-refractivity contribution is 0.0951. The molecule has 4 rings (SSSR count). The molecule has 140 valence electrons. The smallest absolute Gasteiger partial charge is 0.330 e. The Morgan fingerprint density at radius 1 is 1.18 bits per heavy atom. The maximum atomic E-state index is 12.4. The van der Waals surface area contributed by atoms with Crippen LogP contribution in [-0.2, 0) is 6.54 Å². The number of hydrogen-bond donors (Lipinski definition) is 2. The van der Waals surface area contributed by atoms with E-state index < -0.39 is 0 Å². The average Bonchev–Trinajstić information content (AvgIpc) is 3.37. The van der Waals surface area contributed by atoms with E-state index in [2.05, 4.69) is 20.4 Å². The molecular formula is C20H18N6O2. The van der Waals surface area contributed by atoms with Crippen LogP contribution in [0.1, 0.15) is 21.6 Å². The van der Waals surface area contributed by atoms with Gasteiger partial charge in [-0.2, -0.15) is 5.10 Å². The lowest BCUT2D eigenvalue weighted by atomic mass is 10.2. The van der Waals surface area contributed by atoms with Gasteiger partial charge in [-0.1, -0.05) is 0 Å². The molecule has 0 aliphatic heterocycles. The summed E-state index contributed by atoms with van der Waals surface area (Å²) in [5.41, 5.74) is 2.73. The molecule has 28 heavy (non-hydrogen) atoms. The van der Waals surface area contributed by atoms with Gasteiger partial charge in [-0.05, 0) is 55.0 Å². The van der Waals surface area contributed by atoms with Gasteiger partial charge in [0, 0.05) is 42.6 Å². The van der Waals surface area contributed by atoms with Crippen LogP contribution in [0.25, 0.3) is 11.5 Å². The minimum atomic E-state index is -0.208. The van der Waals surface area contributed by atoms with Crippen LogP contribution in [0.4, 0.5) is 0 Å². The summed E-state index contributed by atoms with van der Waals surface area (Å²) in [6.07, 6.45) is 6.83. The van der Waals surface area contributed by atoms with Crippen LogP contribution in [0, 0.1) is 6.92 Å². The molecular weight excluding hydrogens is 356 g/mol. The zero-order valence-corrected chi connectivity index (χ0v) is 15.2. The Balaban J connectivity index is 1.45. The fourth-order valence-electron chi connectivity index (χ4n) is 2.92. The van der Waals surface area contributed by atoms with Gasteiger partial charge in [0.2, 0.25) is 0 Å². The normalized spacial score (nSPS) is 10.8. The Morgan fingerprint density at radius 2 is 2.00 bits per heavy atom. The molecule has 0 unspecified atom stereocenters. The first-order valence-electron chi connectivity index (χ1n) is 8.72. The fourth-order valence-corrected chi connectivity index (χ4v) is 2.92. The molecule has 0 saturated heterocycles. The van der Waals surface area contributed by atoms with Crippen LogP contribution in [0.3, 0.4) is 0 Å². The first-order valence-corrected chi connectivity index (χ1v) is 8.72. The number of nitrogens with one attached hydrogen (secondary N) is 2. The molecule has 0 radical (unpaired) electrons. The Kier molecular flexibility index (Phi) is 4.59. The van der Waals surface area contributed by atoms with Gasteiger partial charge < -0.3 is 10.3 Å². The van der Waals surface area contributed by atoms with Crippen LogP contribution < -0.4 is 11.0 Å². The van der Waals surface area contributed by atoms with Gasteiger partial charge in [0.15, 0.2) is 5.82 Å². The van der Waals surface area contributed by atoms with Crippen molar-refractivity contribution in [3.63, 3.8) is 0 Å². The summed E-state index contributed by atoms with van der Waals surface area (Å²) in [6.45, 7) is 2.21. The van der Waals surface area contributed by atoms with E-state index in [4.69, 9.17) is 0 Å². The first kappa shape index (κ1) is 17.5. The number of rotatable bonds is 5. The number of imidazole rings is 1. The number of nitrogens with zero attached hydrogens (tertiary/aromatic N) is 4. The number of aromatic amines is 1. The Bertz CT molecular complexity index is 1160. The summed E-state index contributed by atoms with van der Waals surface area (Å²) < 4.78 is 3.21. The van der Waals surface area contributed by atoms with Gasteiger partial charge in [-0.25, -0.2) is 14.5 Å². The van der Waals surface area contributed by atoms with Crippen molar-refractivity contribution >= 4 is 5.91 Å². The maximum absolute atomic E-state index is 12.4. The van der Waals surface area contributed by atoms with E-state index in [1.807, 2.05) is 31.3 Å². The van der Waals surface area contributed by atoms with Crippen molar-refractivity contribution in [2.24, 2.45) is 0 Å². The molecule has 0 aliphatic carbocycles. The van der Waals surface area contributed by atoms with Gasteiger partial charge in [-0.3, -0.25) is 9.36 Å². The van der Waals surface area contributed by atoms with E-state index in [9.17, 15) is 9.59 Å². The molecule has 0 spiro atoms. The van der Waals surface area contributed by atoms with Crippen molar-refractivity contribution in [1.29, 1.82) is 0 Å². The molecule has 2 N–H and O–H groups in total. The number of H-pyrrole nitrogens is 1. The molecule has 8 nitrogen and oxygen atoms in total. The van der Waals surface area contributed by atoms with Crippen molar-refractivity contribution in [1.82, 2.24) is 29.6 Å². The lowest BCUT2D eigenvalue weighted by Crippen LogP contribution is -2.23. The number of amides is 1. The van der Waals surface area contributed by atoms with E-state index in [1.54, 1.807) is 52.1 Å². The highest BCUT2D eigenvalue weighted by molar-refractivity contribution is 5.94. The van der Waals surface area contributed by atoms with E-state index in [0.29, 0.717) is 23.6 Å². The Hall–Kier alpha value is -3.94. The van der Waals surface area contributed by atoms with Crippen LogP contribution in [0.2, 0.25) is 0 Å². The Morgan fingerprint density at radius 3 is 2.68 bits per heavy atom. The number of carbonyl (C=O) groups excluding carboxylic acids is 1. The first-order chi connectivity index (χ1) is 13.6. The molecule has 0 bridgehead atoms.